The minimum Gasteiger partial charge on any atom is -0.508 e. The van der Waals surface area contributed by atoms with Gasteiger partial charge in [-0.15, -0.1) is 0 Å². The average Bonchev–Trinajstić information content (AvgIpc) is 2.43. The lowest BCUT2D eigenvalue weighted by molar-refractivity contribution is -0.146. The first-order valence-electron chi connectivity index (χ1n) is 8.39. The lowest BCUT2D eigenvalue weighted by Crippen LogP contribution is -2.54. The summed E-state index contributed by atoms with van der Waals surface area (Å²) in [5, 5.41) is 9.27. The zero-order chi connectivity index (χ0) is 18.5. The van der Waals surface area contributed by atoms with Gasteiger partial charge in [0.1, 0.15) is 18.4 Å². The van der Waals surface area contributed by atoms with Crippen molar-refractivity contribution in [3.63, 3.8) is 0 Å². The van der Waals surface area contributed by atoms with E-state index in [-0.39, 0.29) is 16.8 Å². The predicted octanol–water partition coefficient (Wildman–Crippen LogP) is 2.70. The summed E-state index contributed by atoms with van der Waals surface area (Å²) in [6.07, 6.45) is 0.390. The van der Waals surface area contributed by atoms with Gasteiger partial charge < -0.3 is 15.6 Å². The Morgan fingerprint density at radius 3 is 2.08 bits per heavy atom. The molecule has 0 aliphatic rings. The molecule has 0 fully saturated rings. The zero-order valence-corrected chi connectivity index (χ0v) is 15.8. The van der Waals surface area contributed by atoms with E-state index in [9.17, 15) is 9.90 Å². The molecule has 0 aliphatic heterocycles. The van der Waals surface area contributed by atoms with Crippen molar-refractivity contribution < 1.29 is 14.6 Å². The summed E-state index contributed by atoms with van der Waals surface area (Å²) in [6, 6.07) is 5.97. The Morgan fingerprint density at radius 1 is 1.12 bits per heavy atom. The number of esters is 1. The highest BCUT2D eigenvalue weighted by Crippen LogP contribution is 2.24. The molecule has 0 saturated carbocycles. The van der Waals surface area contributed by atoms with Crippen molar-refractivity contribution in [2.75, 3.05) is 13.2 Å². The van der Waals surface area contributed by atoms with Crippen LogP contribution < -0.4 is 5.73 Å². The van der Waals surface area contributed by atoms with Gasteiger partial charge in [0.05, 0.1) is 0 Å². The summed E-state index contributed by atoms with van der Waals surface area (Å²) >= 11 is 0. The van der Waals surface area contributed by atoms with Gasteiger partial charge in [-0.2, -0.15) is 0 Å². The number of carbonyl (C=O) groups is 1. The molecule has 136 valence electrons. The number of rotatable bonds is 6. The molecule has 3 N–H and O–H groups in total. The Morgan fingerprint density at radius 2 is 1.62 bits per heavy atom. The highest BCUT2D eigenvalue weighted by Gasteiger charge is 2.31. The molecule has 0 heterocycles. The second kappa shape index (κ2) is 7.99. The number of aromatic hydroxyl groups is 1. The van der Waals surface area contributed by atoms with E-state index in [4.69, 9.17) is 10.5 Å². The Bertz CT molecular complexity index is 513. The molecule has 0 amide bonds. The molecule has 5 nitrogen and oxygen atoms in total. The maximum absolute atomic E-state index is 12.1. The van der Waals surface area contributed by atoms with E-state index in [1.807, 2.05) is 0 Å². The first-order valence-corrected chi connectivity index (χ1v) is 8.39. The fraction of sp³-hybridized carbons (Fsp3) is 0.632. The van der Waals surface area contributed by atoms with Crippen LogP contribution in [0.25, 0.3) is 0 Å². The van der Waals surface area contributed by atoms with E-state index < -0.39 is 12.0 Å². The summed E-state index contributed by atoms with van der Waals surface area (Å²) in [5.41, 5.74) is 6.79. The average molecular weight is 336 g/mol. The summed E-state index contributed by atoms with van der Waals surface area (Å²) < 4.78 is 5.37. The van der Waals surface area contributed by atoms with Crippen molar-refractivity contribution >= 4 is 5.97 Å². The smallest absolute Gasteiger partial charge is 0.323 e. The van der Waals surface area contributed by atoms with Crippen LogP contribution in [0.2, 0.25) is 0 Å². The maximum atomic E-state index is 12.1. The quantitative estimate of drug-likeness (QED) is 0.781. The van der Waals surface area contributed by atoms with Crippen LogP contribution in [0.1, 0.15) is 47.1 Å². The van der Waals surface area contributed by atoms with Gasteiger partial charge in [-0.3, -0.25) is 9.69 Å². The third-order valence-electron chi connectivity index (χ3n) is 3.87. The predicted molar refractivity (Wildman–Crippen MR) is 97.0 cm³/mol. The molecule has 24 heavy (non-hydrogen) atoms. The monoisotopic (exact) mass is 336 g/mol. The van der Waals surface area contributed by atoms with Crippen LogP contribution in [0.15, 0.2) is 24.3 Å². The molecule has 1 aromatic carbocycles. The molecular formula is C19H32N2O3. The van der Waals surface area contributed by atoms with E-state index in [2.05, 4.69) is 46.4 Å². The number of nitrogens with two attached hydrogens (primary N) is 1. The molecule has 0 aromatic heterocycles. The highest BCUT2D eigenvalue weighted by molar-refractivity contribution is 5.75. The van der Waals surface area contributed by atoms with Crippen LogP contribution in [-0.2, 0) is 16.0 Å². The van der Waals surface area contributed by atoms with Crippen LogP contribution in [-0.4, -0.2) is 46.2 Å². The maximum Gasteiger partial charge on any atom is 0.323 e. The molecule has 0 spiro atoms. The summed E-state index contributed by atoms with van der Waals surface area (Å²) in [7, 11) is 0. The topological polar surface area (TPSA) is 75.8 Å². The van der Waals surface area contributed by atoms with E-state index in [1.54, 1.807) is 24.3 Å². The van der Waals surface area contributed by atoms with Crippen LogP contribution in [0.3, 0.4) is 0 Å². The van der Waals surface area contributed by atoms with Crippen LogP contribution >= 0.6 is 0 Å². The highest BCUT2D eigenvalue weighted by atomic mass is 16.5. The molecule has 1 aromatic rings. The number of benzene rings is 1. The van der Waals surface area contributed by atoms with Gasteiger partial charge in [0, 0.05) is 17.6 Å². The van der Waals surface area contributed by atoms with Crippen molar-refractivity contribution in [3.05, 3.63) is 29.8 Å². The number of nitrogens with zero attached hydrogens (tertiary/aromatic N) is 1. The lowest BCUT2D eigenvalue weighted by Gasteiger charge is -2.45. The third kappa shape index (κ3) is 6.49. The zero-order valence-electron chi connectivity index (χ0n) is 15.8. The van der Waals surface area contributed by atoms with Gasteiger partial charge in [0.25, 0.3) is 0 Å². The fourth-order valence-electron chi connectivity index (χ4n) is 2.99. The van der Waals surface area contributed by atoms with Crippen molar-refractivity contribution in [2.24, 2.45) is 5.73 Å². The van der Waals surface area contributed by atoms with Crippen molar-refractivity contribution in [1.82, 2.24) is 4.90 Å². The molecule has 0 bridgehead atoms. The van der Waals surface area contributed by atoms with Crippen LogP contribution in [0, 0.1) is 0 Å². The number of carbonyl (C=O) groups excluding carboxylic acids is 1. The van der Waals surface area contributed by atoms with Gasteiger partial charge >= 0.3 is 5.97 Å². The number of phenols is 1. The molecule has 1 unspecified atom stereocenters. The minimum absolute atomic E-state index is 0.0151. The van der Waals surface area contributed by atoms with Crippen LogP contribution in [0.4, 0.5) is 0 Å². The number of hydrogen-bond acceptors (Lipinski definition) is 5. The Balaban J connectivity index is 2.51. The molecule has 0 aliphatic carbocycles. The SMILES string of the molecule is CC(C)(C)N(CCOC(=O)C(N)Cc1ccc(O)cc1)C(C)(C)C. The number of hydrogen-bond donors (Lipinski definition) is 2. The van der Waals surface area contributed by atoms with Gasteiger partial charge in [0.15, 0.2) is 0 Å². The molecule has 1 atom stereocenters. The van der Waals surface area contributed by atoms with Crippen LogP contribution in [0.5, 0.6) is 5.75 Å². The summed E-state index contributed by atoms with van der Waals surface area (Å²) in [4.78, 5) is 14.4. The molecule has 5 heteroatoms. The first-order chi connectivity index (χ1) is 10.9. The number of phenolic OH excluding ortho intramolecular Hbond substituents is 1. The summed E-state index contributed by atoms with van der Waals surface area (Å²) in [6.45, 7) is 13.9. The van der Waals surface area contributed by atoms with E-state index >= 15 is 0 Å². The normalized spacial score (nSPS) is 13.8. The van der Waals surface area contributed by atoms with Gasteiger partial charge in [-0.25, -0.2) is 0 Å². The standard InChI is InChI=1S/C19H32N2O3/c1-18(2,3)21(19(4,5)6)11-12-24-17(23)16(20)13-14-7-9-15(22)10-8-14/h7-10,16,22H,11-13,20H2,1-6H3. The van der Waals surface area contributed by atoms with Crippen molar-refractivity contribution in [3.8, 4) is 5.75 Å². The van der Waals surface area contributed by atoms with Gasteiger partial charge in [0.2, 0.25) is 0 Å². The number of ether oxygens (including phenoxy) is 1. The van der Waals surface area contributed by atoms with E-state index in [0.29, 0.717) is 19.6 Å². The summed E-state index contributed by atoms with van der Waals surface area (Å²) in [5.74, 6) is -0.204. The second-order valence-electron chi connectivity index (χ2n) is 8.14. The minimum atomic E-state index is -0.702. The molecule has 0 saturated heterocycles. The van der Waals surface area contributed by atoms with Crippen molar-refractivity contribution in [2.45, 2.75) is 65.1 Å². The van der Waals surface area contributed by atoms with Gasteiger partial charge in [-0.05, 0) is 65.7 Å². The molecular weight excluding hydrogens is 304 g/mol. The Labute approximate surface area is 145 Å². The van der Waals surface area contributed by atoms with Gasteiger partial charge in [-0.1, -0.05) is 12.1 Å². The van der Waals surface area contributed by atoms with E-state index in [0.717, 1.165) is 5.56 Å². The third-order valence-corrected chi connectivity index (χ3v) is 3.87. The molecule has 1 rings (SSSR count). The molecule has 0 radical (unpaired) electrons. The van der Waals surface area contributed by atoms with E-state index in [1.165, 1.54) is 0 Å². The van der Waals surface area contributed by atoms with Crippen molar-refractivity contribution in [1.29, 1.82) is 0 Å². The first kappa shape index (κ1) is 20.5. The fourth-order valence-corrected chi connectivity index (χ4v) is 2.99. The second-order valence-corrected chi connectivity index (χ2v) is 8.14. The lowest BCUT2D eigenvalue weighted by atomic mass is 9.96. The Kier molecular flexibility index (Phi) is 6.81. The largest absolute Gasteiger partial charge is 0.508 e. The Hall–Kier alpha value is -1.59.